The van der Waals surface area contributed by atoms with Crippen LogP contribution in [0.5, 0.6) is 0 Å². The Morgan fingerprint density at radius 1 is 0.905 bits per heavy atom. The summed E-state index contributed by atoms with van der Waals surface area (Å²) in [6.07, 6.45) is 4.07. The molecule has 0 aliphatic heterocycles. The highest BCUT2D eigenvalue weighted by molar-refractivity contribution is 5.63. The van der Waals surface area contributed by atoms with Crippen molar-refractivity contribution in [3.63, 3.8) is 0 Å². The maximum Gasteiger partial charge on any atom is 0.0294 e. The molecule has 0 heterocycles. The summed E-state index contributed by atoms with van der Waals surface area (Å²) < 4.78 is 0. The molecule has 110 valence electrons. The highest BCUT2D eigenvalue weighted by Gasteiger charge is 2.24. The van der Waals surface area contributed by atoms with Gasteiger partial charge in [0.15, 0.2) is 0 Å². The van der Waals surface area contributed by atoms with Crippen molar-refractivity contribution >= 4 is 0 Å². The third kappa shape index (κ3) is 3.36. The molecule has 3 unspecified atom stereocenters. The van der Waals surface area contributed by atoms with E-state index in [1.54, 1.807) is 0 Å². The number of benzene rings is 2. The van der Waals surface area contributed by atoms with Crippen LogP contribution in [0.2, 0.25) is 0 Å². The number of rotatable bonds is 4. The van der Waals surface area contributed by atoms with Gasteiger partial charge >= 0.3 is 0 Å². The standard InChI is InChI=1S/C20H25N/c1-15-7-6-10-20(15)21-16(2)17-11-13-19(14-12-17)18-8-4-3-5-9-18/h3-5,8-9,11-16,20-21H,6-7,10H2,1-2H3. The molecule has 3 atom stereocenters. The van der Waals surface area contributed by atoms with E-state index < -0.39 is 0 Å². The van der Waals surface area contributed by atoms with Crippen LogP contribution in [0.25, 0.3) is 11.1 Å². The van der Waals surface area contributed by atoms with Gasteiger partial charge in [-0.05, 0) is 42.4 Å². The number of hydrogen-bond acceptors (Lipinski definition) is 1. The highest BCUT2D eigenvalue weighted by atomic mass is 15.0. The fourth-order valence-electron chi connectivity index (χ4n) is 3.41. The summed E-state index contributed by atoms with van der Waals surface area (Å²) in [6, 6.07) is 20.7. The lowest BCUT2D eigenvalue weighted by atomic mass is 9.99. The van der Waals surface area contributed by atoms with Crippen LogP contribution in [-0.2, 0) is 0 Å². The van der Waals surface area contributed by atoms with Crippen LogP contribution >= 0.6 is 0 Å². The molecule has 2 aromatic rings. The lowest BCUT2D eigenvalue weighted by Crippen LogP contribution is -2.33. The Labute approximate surface area is 128 Å². The van der Waals surface area contributed by atoms with E-state index in [4.69, 9.17) is 0 Å². The molecule has 0 saturated heterocycles. The van der Waals surface area contributed by atoms with Crippen molar-refractivity contribution in [3.05, 3.63) is 60.2 Å². The summed E-state index contributed by atoms with van der Waals surface area (Å²) in [5.74, 6) is 0.816. The predicted molar refractivity (Wildman–Crippen MR) is 90.2 cm³/mol. The third-order valence-corrected chi connectivity index (χ3v) is 4.84. The zero-order valence-electron chi connectivity index (χ0n) is 13.0. The second-order valence-corrected chi connectivity index (χ2v) is 6.39. The Kier molecular flexibility index (Phi) is 4.40. The Hall–Kier alpha value is -1.60. The molecule has 1 nitrogen and oxygen atoms in total. The lowest BCUT2D eigenvalue weighted by Gasteiger charge is -2.23. The fraction of sp³-hybridized carbons (Fsp3) is 0.400. The zero-order valence-corrected chi connectivity index (χ0v) is 13.0. The van der Waals surface area contributed by atoms with E-state index in [0.29, 0.717) is 12.1 Å². The molecule has 21 heavy (non-hydrogen) atoms. The minimum atomic E-state index is 0.431. The van der Waals surface area contributed by atoms with E-state index in [9.17, 15) is 0 Å². The Morgan fingerprint density at radius 3 is 2.19 bits per heavy atom. The second-order valence-electron chi connectivity index (χ2n) is 6.39. The molecular weight excluding hydrogens is 254 g/mol. The molecule has 1 saturated carbocycles. The minimum absolute atomic E-state index is 0.431. The van der Waals surface area contributed by atoms with Gasteiger partial charge in [-0.3, -0.25) is 0 Å². The summed E-state index contributed by atoms with van der Waals surface area (Å²) in [5, 5.41) is 3.80. The van der Waals surface area contributed by atoms with Gasteiger partial charge in [-0.2, -0.15) is 0 Å². The van der Waals surface area contributed by atoms with Gasteiger partial charge in [0.25, 0.3) is 0 Å². The third-order valence-electron chi connectivity index (χ3n) is 4.84. The van der Waals surface area contributed by atoms with Crippen LogP contribution in [0, 0.1) is 5.92 Å². The van der Waals surface area contributed by atoms with Crippen molar-refractivity contribution in [2.24, 2.45) is 5.92 Å². The first-order chi connectivity index (χ1) is 10.2. The van der Waals surface area contributed by atoms with E-state index in [1.165, 1.54) is 36.0 Å². The topological polar surface area (TPSA) is 12.0 Å². The molecule has 1 N–H and O–H groups in total. The first-order valence-electron chi connectivity index (χ1n) is 8.15. The molecule has 0 bridgehead atoms. The van der Waals surface area contributed by atoms with E-state index >= 15 is 0 Å². The molecule has 3 rings (SSSR count). The molecule has 0 radical (unpaired) electrons. The maximum atomic E-state index is 3.80. The predicted octanol–water partition coefficient (Wildman–Crippen LogP) is 5.19. The summed E-state index contributed by atoms with van der Waals surface area (Å²) in [5.41, 5.74) is 3.96. The highest BCUT2D eigenvalue weighted by Crippen LogP contribution is 2.28. The van der Waals surface area contributed by atoms with Crippen LogP contribution in [0.4, 0.5) is 0 Å². The quantitative estimate of drug-likeness (QED) is 0.811. The van der Waals surface area contributed by atoms with Crippen molar-refractivity contribution in [2.45, 2.75) is 45.2 Å². The van der Waals surface area contributed by atoms with E-state index in [1.807, 2.05) is 0 Å². The zero-order chi connectivity index (χ0) is 14.7. The fourth-order valence-corrected chi connectivity index (χ4v) is 3.41. The van der Waals surface area contributed by atoms with E-state index in [-0.39, 0.29) is 0 Å². The van der Waals surface area contributed by atoms with E-state index in [0.717, 1.165) is 5.92 Å². The summed E-state index contributed by atoms with van der Waals surface area (Å²) in [6.45, 7) is 4.65. The average Bonchev–Trinajstić information content (AvgIpc) is 2.93. The molecule has 0 spiro atoms. The average molecular weight is 279 g/mol. The van der Waals surface area contributed by atoms with Crippen LogP contribution < -0.4 is 5.32 Å². The van der Waals surface area contributed by atoms with Gasteiger partial charge < -0.3 is 5.32 Å². The Morgan fingerprint density at radius 2 is 1.57 bits per heavy atom. The van der Waals surface area contributed by atoms with Gasteiger partial charge in [0.2, 0.25) is 0 Å². The van der Waals surface area contributed by atoms with Crippen LogP contribution in [0.3, 0.4) is 0 Å². The maximum absolute atomic E-state index is 3.80. The molecule has 1 fully saturated rings. The van der Waals surface area contributed by atoms with Gasteiger partial charge in [0.05, 0.1) is 0 Å². The van der Waals surface area contributed by atoms with Crippen LogP contribution in [0.15, 0.2) is 54.6 Å². The van der Waals surface area contributed by atoms with Crippen LogP contribution in [0.1, 0.15) is 44.7 Å². The van der Waals surface area contributed by atoms with Crippen molar-refractivity contribution in [2.75, 3.05) is 0 Å². The molecule has 1 heteroatoms. The van der Waals surface area contributed by atoms with Crippen molar-refractivity contribution in [1.29, 1.82) is 0 Å². The van der Waals surface area contributed by atoms with Gasteiger partial charge in [-0.25, -0.2) is 0 Å². The smallest absolute Gasteiger partial charge is 0.0294 e. The largest absolute Gasteiger partial charge is 0.307 e. The Bertz CT molecular complexity index is 558. The SMILES string of the molecule is CC(NC1CCCC1C)c1ccc(-c2ccccc2)cc1. The monoisotopic (exact) mass is 279 g/mol. The first-order valence-corrected chi connectivity index (χ1v) is 8.15. The van der Waals surface area contributed by atoms with Crippen molar-refractivity contribution < 1.29 is 0 Å². The molecular formula is C20H25N. The van der Waals surface area contributed by atoms with Gasteiger partial charge in [-0.1, -0.05) is 67.9 Å². The molecule has 1 aliphatic rings. The summed E-state index contributed by atoms with van der Waals surface area (Å²) in [7, 11) is 0. The number of nitrogens with one attached hydrogen (secondary N) is 1. The first kappa shape index (κ1) is 14.3. The molecule has 2 aromatic carbocycles. The van der Waals surface area contributed by atoms with Crippen molar-refractivity contribution in [3.8, 4) is 11.1 Å². The van der Waals surface area contributed by atoms with Gasteiger partial charge in [0, 0.05) is 12.1 Å². The number of hydrogen-bond donors (Lipinski definition) is 1. The molecule has 0 amide bonds. The molecule has 0 aromatic heterocycles. The Balaban J connectivity index is 1.69. The summed E-state index contributed by atoms with van der Waals surface area (Å²) >= 11 is 0. The van der Waals surface area contributed by atoms with Crippen molar-refractivity contribution in [1.82, 2.24) is 5.32 Å². The van der Waals surface area contributed by atoms with Crippen LogP contribution in [-0.4, -0.2) is 6.04 Å². The minimum Gasteiger partial charge on any atom is -0.307 e. The second kappa shape index (κ2) is 6.44. The lowest BCUT2D eigenvalue weighted by molar-refractivity contribution is 0.388. The normalized spacial score (nSPS) is 23.1. The summed E-state index contributed by atoms with van der Waals surface area (Å²) in [4.78, 5) is 0. The molecule has 1 aliphatic carbocycles. The van der Waals surface area contributed by atoms with Gasteiger partial charge in [0.1, 0.15) is 0 Å². The van der Waals surface area contributed by atoms with Gasteiger partial charge in [-0.15, -0.1) is 0 Å². The van der Waals surface area contributed by atoms with E-state index in [2.05, 4.69) is 73.8 Å².